The highest BCUT2D eigenvalue weighted by Gasteiger charge is 2.22. The van der Waals surface area contributed by atoms with E-state index in [1.54, 1.807) is 11.3 Å². The number of amides is 1. The highest BCUT2D eigenvalue weighted by Crippen LogP contribution is 2.31. The summed E-state index contributed by atoms with van der Waals surface area (Å²) in [7, 11) is 0. The molecule has 1 atom stereocenters. The average Bonchev–Trinajstić information content (AvgIpc) is 2.85. The first-order valence-corrected chi connectivity index (χ1v) is 8.49. The van der Waals surface area contributed by atoms with Crippen molar-refractivity contribution in [3.8, 4) is 0 Å². The van der Waals surface area contributed by atoms with Gasteiger partial charge in [-0.05, 0) is 37.4 Å². The highest BCUT2D eigenvalue weighted by molar-refractivity contribution is 7.15. The average molecular weight is 315 g/mol. The van der Waals surface area contributed by atoms with Gasteiger partial charge in [-0.25, -0.2) is 4.98 Å². The van der Waals surface area contributed by atoms with E-state index in [1.807, 2.05) is 6.20 Å². The molecule has 4 nitrogen and oxygen atoms in total. The van der Waals surface area contributed by atoms with Crippen LogP contribution in [0.3, 0.4) is 0 Å². The van der Waals surface area contributed by atoms with Gasteiger partial charge in [0.15, 0.2) is 5.13 Å². The topological polar surface area (TPSA) is 45.2 Å². The van der Waals surface area contributed by atoms with Gasteiger partial charge in [-0.2, -0.15) is 0 Å². The number of aromatic nitrogens is 1. The number of fused-ring (bicyclic) bond motifs is 1. The molecule has 1 aliphatic heterocycles. The summed E-state index contributed by atoms with van der Waals surface area (Å²) in [5, 5.41) is 3.44. The Balaban J connectivity index is 1.75. The lowest BCUT2D eigenvalue weighted by Crippen LogP contribution is -2.26. The number of benzene rings is 1. The zero-order valence-electron chi connectivity index (χ0n) is 13.0. The van der Waals surface area contributed by atoms with E-state index in [-0.39, 0.29) is 5.91 Å². The van der Waals surface area contributed by atoms with Crippen molar-refractivity contribution < 1.29 is 4.79 Å². The zero-order valence-corrected chi connectivity index (χ0v) is 13.8. The Hall–Kier alpha value is -1.72. The van der Waals surface area contributed by atoms with Crippen molar-refractivity contribution in [3.05, 3.63) is 46.5 Å². The number of anilines is 1. The predicted molar refractivity (Wildman–Crippen MR) is 90.0 cm³/mol. The van der Waals surface area contributed by atoms with Gasteiger partial charge >= 0.3 is 0 Å². The third-order valence-electron chi connectivity index (χ3n) is 4.14. The summed E-state index contributed by atoms with van der Waals surface area (Å²) in [6.07, 6.45) is 4.20. The fraction of sp³-hybridized carbons (Fsp3) is 0.412. The first kappa shape index (κ1) is 15.2. The molecule has 0 spiro atoms. The molecule has 3 rings (SSSR count). The molecule has 1 amide bonds. The number of thiazole rings is 1. The van der Waals surface area contributed by atoms with Gasteiger partial charge in [-0.15, -0.1) is 11.3 Å². The molecule has 2 aromatic rings. The van der Waals surface area contributed by atoms with Crippen molar-refractivity contribution >= 4 is 22.4 Å². The lowest BCUT2D eigenvalue weighted by atomic mass is 10.00. The maximum absolute atomic E-state index is 11.1. The molecule has 0 unspecified atom stereocenters. The van der Waals surface area contributed by atoms with Crippen molar-refractivity contribution in [3.63, 3.8) is 0 Å². The smallest absolute Gasteiger partial charge is 0.223 e. The third kappa shape index (κ3) is 3.36. The SMILES string of the molecule is CC(=O)Nc1ncc(CN2CCCc3ccccc3[C@H]2C)s1. The fourth-order valence-corrected chi connectivity index (χ4v) is 3.92. The molecule has 116 valence electrons. The molecule has 0 aliphatic carbocycles. The standard InChI is InChI=1S/C17H21N3OS/c1-12-16-8-4-3-6-14(16)7-5-9-20(12)11-15-10-18-17(22-15)19-13(2)21/h3-4,6,8,10,12H,5,7,9,11H2,1-2H3,(H,18,19,21)/t12-/m1/s1. The van der Waals surface area contributed by atoms with Crippen molar-refractivity contribution in [2.45, 2.75) is 39.3 Å². The second-order valence-electron chi connectivity index (χ2n) is 5.76. The van der Waals surface area contributed by atoms with Crippen LogP contribution in [0.5, 0.6) is 0 Å². The van der Waals surface area contributed by atoms with Gasteiger partial charge < -0.3 is 5.32 Å². The van der Waals surface area contributed by atoms with Gasteiger partial charge in [-0.3, -0.25) is 9.69 Å². The number of hydrogen-bond donors (Lipinski definition) is 1. The molecule has 0 radical (unpaired) electrons. The van der Waals surface area contributed by atoms with Gasteiger partial charge in [0.1, 0.15) is 0 Å². The Morgan fingerprint density at radius 3 is 3.09 bits per heavy atom. The minimum Gasteiger partial charge on any atom is -0.302 e. The molecule has 1 aromatic heterocycles. The van der Waals surface area contributed by atoms with Crippen molar-refractivity contribution in [1.29, 1.82) is 0 Å². The Labute approximate surface area is 135 Å². The van der Waals surface area contributed by atoms with E-state index < -0.39 is 0 Å². The Kier molecular flexibility index (Phi) is 4.55. The molecular weight excluding hydrogens is 294 g/mol. The summed E-state index contributed by atoms with van der Waals surface area (Å²) in [5.41, 5.74) is 2.91. The molecule has 0 saturated heterocycles. The molecule has 0 saturated carbocycles. The second-order valence-corrected chi connectivity index (χ2v) is 6.88. The van der Waals surface area contributed by atoms with Crippen LogP contribution in [-0.4, -0.2) is 22.3 Å². The second kappa shape index (κ2) is 6.58. The zero-order chi connectivity index (χ0) is 15.5. The largest absolute Gasteiger partial charge is 0.302 e. The Morgan fingerprint density at radius 2 is 2.27 bits per heavy atom. The van der Waals surface area contributed by atoms with Gasteiger partial charge in [0, 0.05) is 30.6 Å². The van der Waals surface area contributed by atoms with Crippen LogP contribution in [0, 0.1) is 0 Å². The monoisotopic (exact) mass is 315 g/mol. The van der Waals surface area contributed by atoms with E-state index in [0.29, 0.717) is 11.2 Å². The van der Waals surface area contributed by atoms with Crippen LogP contribution in [0.25, 0.3) is 0 Å². The van der Waals surface area contributed by atoms with E-state index in [0.717, 1.165) is 19.5 Å². The van der Waals surface area contributed by atoms with Crippen LogP contribution >= 0.6 is 11.3 Å². The normalized spacial score (nSPS) is 18.5. The molecule has 0 fully saturated rings. The third-order valence-corrected chi connectivity index (χ3v) is 5.04. The van der Waals surface area contributed by atoms with Crippen LogP contribution < -0.4 is 5.32 Å². The van der Waals surface area contributed by atoms with Gasteiger partial charge in [0.25, 0.3) is 0 Å². The molecule has 2 heterocycles. The number of nitrogens with one attached hydrogen (secondary N) is 1. The van der Waals surface area contributed by atoms with Gasteiger partial charge in [0.2, 0.25) is 5.91 Å². The molecule has 5 heteroatoms. The quantitative estimate of drug-likeness (QED) is 0.941. The highest BCUT2D eigenvalue weighted by atomic mass is 32.1. The first-order chi connectivity index (χ1) is 10.6. The minimum absolute atomic E-state index is 0.0713. The van der Waals surface area contributed by atoms with Crippen LogP contribution in [0.15, 0.2) is 30.5 Å². The summed E-state index contributed by atoms with van der Waals surface area (Å²) in [6, 6.07) is 9.15. The van der Waals surface area contributed by atoms with Gasteiger partial charge in [-0.1, -0.05) is 24.3 Å². The lowest BCUT2D eigenvalue weighted by molar-refractivity contribution is -0.114. The fourth-order valence-electron chi connectivity index (χ4n) is 3.04. The number of nitrogens with zero attached hydrogens (tertiary/aromatic N) is 2. The van der Waals surface area contributed by atoms with E-state index in [9.17, 15) is 4.79 Å². The molecule has 1 aromatic carbocycles. The summed E-state index contributed by atoms with van der Waals surface area (Å²) in [6.45, 7) is 5.75. The molecule has 22 heavy (non-hydrogen) atoms. The Morgan fingerprint density at radius 1 is 1.45 bits per heavy atom. The molecule has 1 N–H and O–H groups in total. The van der Waals surface area contributed by atoms with E-state index in [1.165, 1.54) is 29.3 Å². The van der Waals surface area contributed by atoms with Crippen molar-refractivity contribution in [2.75, 3.05) is 11.9 Å². The van der Waals surface area contributed by atoms with Crippen LogP contribution in [0.2, 0.25) is 0 Å². The number of carbonyl (C=O) groups excluding carboxylic acids is 1. The van der Waals surface area contributed by atoms with Crippen LogP contribution in [-0.2, 0) is 17.8 Å². The molecule has 0 bridgehead atoms. The maximum Gasteiger partial charge on any atom is 0.223 e. The van der Waals surface area contributed by atoms with E-state index >= 15 is 0 Å². The molecular formula is C17H21N3OS. The summed E-state index contributed by atoms with van der Waals surface area (Å²) in [5.74, 6) is -0.0713. The van der Waals surface area contributed by atoms with Crippen LogP contribution in [0.1, 0.15) is 42.3 Å². The van der Waals surface area contributed by atoms with E-state index in [4.69, 9.17) is 0 Å². The van der Waals surface area contributed by atoms with Gasteiger partial charge in [0.05, 0.1) is 0 Å². The predicted octanol–water partition coefficient (Wildman–Crippen LogP) is 3.61. The van der Waals surface area contributed by atoms with Crippen molar-refractivity contribution in [2.24, 2.45) is 0 Å². The van der Waals surface area contributed by atoms with E-state index in [2.05, 4.69) is 46.4 Å². The van der Waals surface area contributed by atoms with Crippen LogP contribution in [0.4, 0.5) is 5.13 Å². The summed E-state index contributed by atoms with van der Waals surface area (Å²) < 4.78 is 0. The number of carbonyl (C=O) groups is 1. The summed E-state index contributed by atoms with van der Waals surface area (Å²) >= 11 is 1.56. The minimum atomic E-state index is -0.0713. The molecule has 1 aliphatic rings. The maximum atomic E-state index is 11.1. The Bertz CT molecular complexity index is 667. The lowest BCUT2D eigenvalue weighted by Gasteiger charge is -2.27. The first-order valence-electron chi connectivity index (χ1n) is 7.67. The van der Waals surface area contributed by atoms with Crippen molar-refractivity contribution in [1.82, 2.24) is 9.88 Å². The summed E-state index contributed by atoms with van der Waals surface area (Å²) in [4.78, 5) is 19.1. The number of hydrogen-bond acceptors (Lipinski definition) is 4. The number of rotatable bonds is 3. The number of aryl methyl sites for hydroxylation is 1.